The van der Waals surface area contributed by atoms with Crippen molar-refractivity contribution in [1.82, 2.24) is 24.8 Å². The van der Waals surface area contributed by atoms with Gasteiger partial charge in [-0.1, -0.05) is 0 Å². The number of aromatic nitrogens is 4. The Morgan fingerprint density at radius 3 is 2.72 bits per heavy atom. The summed E-state index contributed by atoms with van der Waals surface area (Å²) in [5, 5.41) is 3.15. The molecule has 25 heavy (non-hydrogen) atoms. The van der Waals surface area contributed by atoms with Crippen LogP contribution in [0.25, 0.3) is 0 Å². The zero-order valence-corrected chi connectivity index (χ0v) is 15.0. The molecule has 0 radical (unpaired) electrons. The third kappa shape index (κ3) is 4.71. The van der Waals surface area contributed by atoms with Crippen molar-refractivity contribution < 1.29 is 4.79 Å². The largest absolute Gasteiger partial charge is 0.343 e. The van der Waals surface area contributed by atoms with Gasteiger partial charge in [0.2, 0.25) is 11.9 Å². The molecule has 0 aromatic carbocycles. The van der Waals surface area contributed by atoms with Crippen molar-refractivity contribution >= 4 is 17.7 Å². The van der Waals surface area contributed by atoms with Gasteiger partial charge in [0.05, 0.1) is 0 Å². The first-order valence-electron chi connectivity index (χ1n) is 8.65. The molecule has 1 amide bonds. The summed E-state index contributed by atoms with van der Waals surface area (Å²) in [4.78, 5) is 30.9. The Morgan fingerprint density at radius 2 is 2.00 bits per heavy atom. The Balaban J connectivity index is 1.68. The van der Waals surface area contributed by atoms with E-state index in [2.05, 4.69) is 25.3 Å². The minimum absolute atomic E-state index is 0.154. The topological polar surface area (TPSA) is 83.9 Å². The first-order chi connectivity index (χ1) is 12.0. The summed E-state index contributed by atoms with van der Waals surface area (Å²) in [6, 6.07) is 3.87. The van der Waals surface area contributed by atoms with Gasteiger partial charge in [-0.2, -0.15) is 0 Å². The van der Waals surface area contributed by atoms with Crippen molar-refractivity contribution in [2.45, 2.75) is 40.0 Å². The van der Waals surface area contributed by atoms with Crippen molar-refractivity contribution in [3.05, 3.63) is 35.5 Å². The van der Waals surface area contributed by atoms with Crippen LogP contribution in [0.1, 0.15) is 36.8 Å². The lowest BCUT2D eigenvalue weighted by molar-refractivity contribution is -0.130. The number of carbonyl (C=O) groups is 1. The maximum absolute atomic E-state index is 11.6. The van der Waals surface area contributed by atoms with Gasteiger partial charge in [0.15, 0.2) is 0 Å². The van der Waals surface area contributed by atoms with Crippen molar-refractivity contribution in [1.29, 1.82) is 0 Å². The van der Waals surface area contributed by atoms with Gasteiger partial charge in [0.1, 0.15) is 12.1 Å². The summed E-state index contributed by atoms with van der Waals surface area (Å²) in [7, 11) is 0. The lowest BCUT2D eigenvalue weighted by Gasteiger charge is -2.31. The molecule has 1 saturated heterocycles. The zero-order chi connectivity index (χ0) is 17.8. The Kier molecular flexibility index (Phi) is 5.21. The quantitative estimate of drug-likeness (QED) is 0.920. The fourth-order valence-corrected chi connectivity index (χ4v) is 3.29. The normalized spacial score (nSPS) is 17.4. The lowest BCUT2D eigenvalue weighted by atomic mass is 9.93. The van der Waals surface area contributed by atoms with Crippen LogP contribution in [0.5, 0.6) is 0 Å². The van der Waals surface area contributed by atoms with Crippen molar-refractivity contribution in [2.75, 3.05) is 18.4 Å². The van der Waals surface area contributed by atoms with Crippen LogP contribution < -0.4 is 5.32 Å². The number of nitrogens with one attached hydrogen (secondary N) is 1. The van der Waals surface area contributed by atoms with Crippen LogP contribution in [-0.2, 0) is 11.2 Å². The smallest absolute Gasteiger partial charge is 0.228 e. The number of hydrogen-bond acceptors (Lipinski definition) is 6. The second kappa shape index (κ2) is 7.55. The molecule has 1 fully saturated rings. The summed E-state index contributed by atoms with van der Waals surface area (Å²) >= 11 is 0. The van der Waals surface area contributed by atoms with Crippen LogP contribution in [0, 0.1) is 19.8 Å². The molecule has 7 nitrogen and oxygen atoms in total. The molecule has 0 saturated carbocycles. The molecule has 0 bridgehead atoms. The molecule has 3 rings (SSSR count). The Bertz CT molecular complexity index is 743. The number of amides is 1. The number of piperidine rings is 1. The summed E-state index contributed by atoms with van der Waals surface area (Å²) in [6.07, 6.45) is 4.58. The number of rotatable bonds is 4. The van der Waals surface area contributed by atoms with E-state index in [1.165, 1.54) is 0 Å². The number of aryl methyl sites for hydroxylation is 2. The zero-order valence-electron chi connectivity index (χ0n) is 15.0. The van der Waals surface area contributed by atoms with E-state index in [0.29, 0.717) is 17.7 Å². The predicted molar refractivity (Wildman–Crippen MR) is 95.5 cm³/mol. The van der Waals surface area contributed by atoms with Gasteiger partial charge in [-0.25, -0.2) is 19.9 Å². The number of anilines is 2. The van der Waals surface area contributed by atoms with E-state index in [1.807, 2.05) is 30.9 Å². The molecule has 1 atom stereocenters. The van der Waals surface area contributed by atoms with Crippen LogP contribution in [0.2, 0.25) is 0 Å². The van der Waals surface area contributed by atoms with Gasteiger partial charge in [0, 0.05) is 43.2 Å². The number of carbonyl (C=O) groups excluding carboxylic acids is 1. The lowest BCUT2D eigenvalue weighted by Crippen LogP contribution is -2.39. The number of nitrogens with zero attached hydrogens (tertiary/aromatic N) is 5. The molecule has 2 aromatic rings. The first-order valence-corrected chi connectivity index (χ1v) is 8.65. The third-order valence-corrected chi connectivity index (χ3v) is 4.41. The molecular weight excluding hydrogens is 316 g/mol. The standard InChI is InChI=1S/C18H24N6O/c1-12-7-13(2)22-18(21-12)23-17-9-16(19-11-20-17)8-15-5-4-6-24(10-15)14(3)25/h7,9,11,15H,4-6,8,10H2,1-3H3,(H,19,20,21,22,23)/t15-/m1/s1. The van der Waals surface area contributed by atoms with Gasteiger partial charge >= 0.3 is 0 Å². The number of likely N-dealkylation sites (tertiary alicyclic amines) is 1. The molecule has 0 aliphatic carbocycles. The van der Waals surface area contributed by atoms with Crippen molar-refractivity contribution in [2.24, 2.45) is 5.92 Å². The minimum atomic E-state index is 0.154. The monoisotopic (exact) mass is 340 g/mol. The summed E-state index contributed by atoms with van der Waals surface area (Å²) < 4.78 is 0. The van der Waals surface area contributed by atoms with Crippen molar-refractivity contribution in [3.8, 4) is 0 Å². The molecule has 1 aliphatic rings. The molecule has 2 aromatic heterocycles. The molecule has 1 N–H and O–H groups in total. The fourth-order valence-electron chi connectivity index (χ4n) is 3.29. The van der Waals surface area contributed by atoms with Crippen LogP contribution in [0.4, 0.5) is 11.8 Å². The highest BCUT2D eigenvalue weighted by Gasteiger charge is 2.22. The summed E-state index contributed by atoms with van der Waals surface area (Å²) in [6.45, 7) is 7.19. The van der Waals surface area contributed by atoms with Crippen LogP contribution in [-0.4, -0.2) is 43.8 Å². The molecule has 1 aliphatic heterocycles. The van der Waals surface area contributed by atoms with E-state index in [9.17, 15) is 4.79 Å². The van der Waals surface area contributed by atoms with Crippen molar-refractivity contribution in [3.63, 3.8) is 0 Å². The second-order valence-electron chi connectivity index (χ2n) is 6.67. The highest BCUT2D eigenvalue weighted by Crippen LogP contribution is 2.21. The second-order valence-corrected chi connectivity index (χ2v) is 6.67. The Hall–Kier alpha value is -2.57. The first kappa shape index (κ1) is 17.3. The maximum Gasteiger partial charge on any atom is 0.228 e. The van der Waals surface area contributed by atoms with E-state index in [1.54, 1.807) is 13.3 Å². The van der Waals surface area contributed by atoms with E-state index < -0.39 is 0 Å². The average Bonchev–Trinajstić information content (AvgIpc) is 2.54. The predicted octanol–water partition coefficient (Wildman–Crippen LogP) is 2.43. The molecular formula is C18H24N6O. The van der Waals surface area contributed by atoms with E-state index in [4.69, 9.17) is 0 Å². The highest BCUT2D eigenvalue weighted by atomic mass is 16.2. The van der Waals surface area contributed by atoms with Gasteiger partial charge in [-0.15, -0.1) is 0 Å². The van der Waals surface area contributed by atoms with E-state index in [-0.39, 0.29) is 5.91 Å². The van der Waals surface area contributed by atoms with Gasteiger partial charge < -0.3 is 10.2 Å². The van der Waals surface area contributed by atoms with Crippen LogP contribution in [0.3, 0.4) is 0 Å². The Labute approximate surface area is 147 Å². The average molecular weight is 340 g/mol. The molecule has 0 unspecified atom stereocenters. The van der Waals surface area contributed by atoms with Gasteiger partial charge in [-0.3, -0.25) is 4.79 Å². The third-order valence-electron chi connectivity index (χ3n) is 4.41. The molecule has 3 heterocycles. The summed E-state index contributed by atoms with van der Waals surface area (Å²) in [5.41, 5.74) is 2.80. The summed E-state index contributed by atoms with van der Waals surface area (Å²) in [5.74, 6) is 1.83. The van der Waals surface area contributed by atoms with Crippen LogP contribution in [0.15, 0.2) is 18.5 Å². The Morgan fingerprint density at radius 1 is 1.24 bits per heavy atom. The maximum atomic E-state index is 11.6. The SMILES string of the molecule is CC(=O)N1CCC[C@H](Cc2cc(Nc3nc(C)cc(C)n3)ncn2)C1. The highest BCUT2D eigenvalue weighted by molar-refractivity contribution is 5.73. The van der Waals surface area contributed by atoms with Crippen LogP contribution >= 0.6 is 0 Å². The molecule has 7 heteroatoms. The fraction of sp³-hybridized carbons (Fsp3) is 0.500. The molecule has 132 valence electrons. The van der Waals surface area contributed by atoms with Gasteiger partial charge in [0.25, 0.3) is 0 Å². The number of hydrogen-bond donors (Lipinski definition) is 1. The van der Waals surface area contributed by atoms with E-state index >= 15 is 0 Å². The molecule has 0 spiro atoms. The van der Waals surface area contributed by atoms with Gasteiger partial charge in [-0.05, 0) is 45.1 Å². The van der Waals surface area contributed by atoms with E-state index in [0.717, 1.165) is 49.4 Å². The minimum Gasteiger partial charge on any atom is -0.343 e.